The van der Waals surface area contributed by atoms with E-state index in [1.54, 1.807) is 12.1 Å². The molecule has 166 valence electrons. The predicted molar refractivity (Wildman–Crippen MR) is 133 cm³/mol. The number of carbonyl (C=O) groups is 2. The lowest BCUT2D eigenvalue weighted by Crippen LogP contribution is -2.37. The second-order valence-corrected chi connectivity index (χ2v) is 9.66. The van der Waals surface area contributed by atoms with Gasteiger partial charge >= 0.3 is 0 Å². The summed E-state index contributed by atoms with van der Waals surface area (Å²) in [6, 6.07) is 23.3. The predicted octanol–water partition coefficient (Wildman–Crippen LogP) is 5.84. The van der Waals surface area contributed by atoms with Crippen LogP contribution in [0.15, 0.2) is 88.3 Å². The van der Waals surface area contributed by atoms with Crippen LogP contribution >= 0.6 is 23.4 Å². The molecule has 0 fully saturated rings. The third-order valence-electron chi connectivity index (χ3n) is 6.10. The number of benzene rings is 3. The fourth-order valence-corrected chi connectivity index (χ4v) is 5.42. The van der Waals surface area contributed by atoms with Crippen LogP contribution in [0.4, 0.5) is 5.69 Å². The van der Waals surface area contributed by atoms with E-state index >= 15 is 0 Å². The molecule has 0 aromatic heterocycles. The third kappa shape index (κ3) is 4.19. The van der Waals surface area contributed by atoms with Gasteiger partial charge in [-0.3, -0.25) is 9.59 Å². The van der Waals surface area contributed by atoms with Crippen LogP contribution in [0.3, 0.4) is 0 Å². The summed E-state index contributed by atoms with van der Waals surface area (Å²) in [6.07, 6.45) is 1.74. The van der Waals surface area contributed by atoms with Crippen molar-refractivity contribution in [1.82, 2.24) is 4.90 Å². The maximum atomic E-state index is 13.7. The molecule has 0 aliphatic carbocycles. The van der Waals surface area contributed by atoms with Crippen molar-refractivity contribution in [3.8, 4) is 0 Å². The molecule has 33 heavy (non-hydrogen) atoms. The van der Waals surface area contributed by atoms with Crippen LogP contribution in [-0.4, -0.2) is 23.3 Å². The van der Waals surface area contributed by atoms with Crippen LogP contribution in [0, 0.1) is 0 Å². The Labute approximate surface area is 202 Å². The molecule has 0 saturated carbocycles. The molecule has 2 aliphatic heterocycles. The molecule has 4 nitrogen and oxygen atoms in total. The van der Waals surface area contributed by atoms with E-state index in [1.165, 1.54) is 27.8 Å². The quantitative estimate of drug-likeness (QED) is 0.436. The average molecular weight is 475 g/mol. The fraction of sp³-hybridized carbons (Fsp3) is 0.185. The van der Waals surface area contributed by atoms with Gasteiger partial charge in [-0.25, -0.2) is 4.90 Å². The lowest BCUT2D eigenvalue weighted by molar-refractivity contribution is -0.121. The first-order valence-electron chi connectivity index (χ1n) is 11.0. The van der Waals surface area contributed by atoms with E-state index in [4.69, 9.17) is 11.6 Å². The fourth-order valence-electron chi connectivity index (χ4n) is 4.29. The van der Waals surface area contributed by atoms with Gasteiger partial charge in [0.1, 0.15) is 10.6 Å². The number of halogens is 1. The van der Waals surface area contributed by atoms with E-state index in [0.29, 0.717) is 34.4 Å². The number of nitrogens with zero attached hydrogens (tertiary/aromatic N) is 2. The maximum absolute atomic E-state index is 13.7. The molecule has 0 radical (unpaired) electrons. The van der Waals surface area contributed by atoms with Crippen molar-refractivity contribution in [2.75, 3.05) is 11.4 Å². The first-order valence-corrected chi connectivity index (χ1v) is 12.2. The summed E-state index contributed by atoms with van der Waals surface area (Å²) >= 11 is 7.38. The van der Waals surface area contributed by atoms with Gasteiger partial charge in [-0.2, -0.15) is 0 Å². The number of anilines is 1. The molecule has 0 saturated heterocycles. The summed E-state index contributed by atoms with van der Waals surface area (Å²) in [5, 5.41) is 0.632. The van der Waals surface area contributed by atoms with Gasteiger partial charge in [0, 0.05) is 23.0 Å². The molecule has 5 rings (SSSR count). The van der Waals surface area contributed by atoms with Crippen LogP contribution in [-0.2, 0) is 29.0 Å². The SMILES string of the molecule is CCc1ccc(N2C(=O)C(Sc3ccc(Cl)cc3)=C(N3CCc4ccccc4C3)C2=O)cc1. The molecule has 0 N–H and O–H groups in total. The van der Waals surface area contributed by atoms with E-state index in [-0.39, 0.29) is 11.8 Å². The number of imide groups is 1. The standard InChI is InChI=1S/C27H23ClN2O2S/c1-2-18-7-11-22(12-8-18)30-26(31)24(29-16-15-19-5-3-4-6-20(19)17-29)25(27(30)32)33-23-13-9-21(28)10-14-23/h3-14H,2,15-17H2,1H3. The minimum Gasteiger partial charge on any atom is -0.361 e. The number of aryl methyl sites for hydroxylation is 1. The van der Waals surface area contributed by atoms with Gasteiger partial charge in [0.05, 0.1) is 5.69 Å². The van der Waals surface area contributed by atoms with Crippen LogP contribution in [0.1, 0.15) is 23.6 Å². The van der Waals surface area contributed by atoms with Gasteiger partial charge in [0.25, 0.3) is 11.8 Å². The van der Waals surface area contributed by atoms with Crippen molar-refractivity contribution < 1.29 is 9.59 Å². The largest absolute Gasteiger partial charge is 0.361 e. The number of thioether (sulfide) groups is 1. The molecule has 2 heterocycles. The Morgan fingerprint density at radius 2 is 1.58 bits per heavy atom. The smallest absolute Gasteiger partial charge is 0.283 e. The first-order chi connectivity index (χ1) is 16.0. The van der Waals surface area contributed by atoms with Crippen molar-refractivity contribution >= 4 is 40.9 Å². The van der Waals surface area contributed by atoms with Crippen molar-refractivity contribution in [2.24, 2.45) is 0 Å². The van der Waals surface area contributed by atoms with E-state index in [2.05, 4.69) is 24.0 Å². The molecule has 0 unspecified atom stereocenters. The van der Waals surface area contributed by atoms with Gasteiger partial charge < -0.3 is 4.90 Å². The van der Waals surface area contributed by atoms with E-state index in [1.807, 2.05) is 48.5 Å². The highest BCUT2D eigenvalue weighted by atomic mass is 35.5. The van der Waals surface area contributed by atoms with Crippen LogP contribution in [0.2, 0.25) is 5.02 Å². The second-order valence-electron chi connectivity index (χ2n) is 8.14. The lowest BCUT2D eigenvalue weighted by Gasteiger charge is -2.31. The van der Waals surface area contributed by atoms with Gasteiger partial charge in [0.15, 0.2) is 0 Å². The minimum absolute atomic E-state index is 0.264. The minimum atomic E-state index is -0.280. The normalized spacial score (nSPS) is 15.9. The van der Waals surface area contributed by atoms with Gasteiger partial charge in [-0.15, -0.1) is 0 Å². The molecular formula is C27H23ClN2O2S. The van der Waals surface area contributed by atoms with E-state index < -0.39 is 0 Å². The number of hydrogen-bond acceptors (Lipinski definition) is 4. The van der Waals surface area contributed by atoms with Crippen molar-refractivity contribution in [1.29, 1.82) is 0 Å². The summed E-state index contributed by atoms with van der Waals surface area (Å²) in [5.74, 6) is -0.543. The van der Waals surface area contributed by atoms with Crippen LogP contribution in [0.25, 0.3) is 0 Å². The zero-order valence-corrected chi connectivity index (χ0v) is 19.8. The van der Waals surface area contributed by atoms with Gasteiger partial charge in [0.2, 0.25) is 0 Å². The Morgan fingerprint density at radius 1 is 0.879 bits per heavy atom. The molecule has 6 heteroatoms. The highest BCUT2D eigenvalue weighted by Gasteiger charge is 2.43. The van der Waals surface area contributed by atoms with Crippen LogP contribution < -0.4 is 4.90 Å². The number of carbonyl (C=O) groups excluding carboxylic acids is 2. The summed E-state index contributed by atoms with van der Waals surface area (Å²) in [4.78, 5) is 32.0. The Bertz CT molecular complexity index is 1250. The Hall–Kier alpha value is -3.02. The Balaban J connectivity index is 1.54. The first kappa shape index (κ1) is 21.8. The molecule has 0 bridgehead atoms. The average Bonchev–Trinajstić information content (AvgIpc) is 3.09. The molecule has 2 amide bonds. The Kier molecular flexibility index (Phi) is 6.00. The Morgan fingerprint density at radius 3 is 2.27 bits per heavy atom. The molecule has 3 aromatic rings. The molecular weight excluding hydrogens is 452 g/mol. The number of fused-ring (bicyclic) bond motifs is 1. The lowest BCUT2D eigenvalue weighted by atomic mass is 9.99. The highest BCUT2D eigenvalue weighted by molar-refractivity contribution is 8.04. The zero-order chi connectivity index (χ0) is 22.9. The molecule has 0 spiro atoms. The topological polar surface area (TPSA) is 40.6 Å². The number of amides is 2. The number of hydrogen-bond donors (Lipinski definition) is 0. The van der Waals surface area contributed by atoms with E-state index in [9.17, 15) is 9.59 Å². The van der Waals surface area contributed by atoms with Crippen molar-refractivity contribution in [3.63, 3.8) is 0 Å². The number of rotatable bonds is 5. The molecule has 2 aliphatic rings. The monoisotopic (exact) mass is 474 g/mol. The highest BCUT2D eigenvalue weighted by Crippen LogP contribution is 2.40. The third-order valence-corrected chi connectivity index (χ3v) is 7.43. The maximum Gasteiger partial charge on any atom is 0.283 e. The molecule has 0 atom stereocenters. The van der Waals surface area contributed by atoms with Crippen molar-refractivity contribution in [3.05, 3.63) is 105 Å². The summed E-state index contributed by atoms with van der Waals surface area (Å²) in [5.41, 5.74) is 4.73. The van der Waals surface area contributed by atoms with Gasteiger partial charge in [-0.1, -0.05) is 66.7 Å². The summed E-state index contributed by atoms with van der Waals surface area (Å²) < 4.78 is 0. The van der Waals surface area contributed by atoms with E-state index in [0.717, 1.165) is 23.3 Å². The van der Waals surface area contributed by atoms with Crippen molar-refractivity contribution in [2.45, 2.75) is 31.2 Å². The summed E-state index contributed by atoms with van der Waals surface area (Å²) in [7, 11) is 0. The zero-order valence-electron chi connectivity index (χ0n) is 18.3. The molecule has 3 aromatic carbocycles. The van der Waals surface area contributed by atoms with Gasteiger partial charge in [-0.05, 0) is 65.9 Å². The van der Waals surface area contributed by atoms with Crippen LogP contribution in [0.5, 0.6) is 0 Å². The second kappa shape index (κ2) is 9.08. The summed E-state index contributed by atoms with van der Waals surface area (Å²) in [6.45, 7) is 3.38.